The average Bonchev–Trinajstić information content (AvgIpc) is 2.66. The molecular weight excluding hydrogens is 432 g/mol. The molecule has 1 saturated carbocycles. The Bertz CT molecular complexity index is 947. The summed E-state index contributed by atoms with van der Waals surface area (Å²) < 4.78 is 60.0. The minimum atomic E-state index is -5.29. The normalized spacial score (nSPS) is 25.7. The van der Waals surface area contributed by atoms with E-state index in [2.05, 4.69) is 4.52 Å². The Kier molecular flexibility index (Phi) is 6.25. The van der Waals surface area contributed by atoms with Gasteiger partial charge in [-0.25, -0.2) is 0 Å². The number of halogens is 3. The molecule has 2 atom stereocenters. The number of hydrogen-bond acceptors (Lipinski definition) is 5. The van der Waals surface area contributed by atoms with Gasteiger partial charge in [0.05, 0.1) is 0 Å². The third-order valence-electron chi connectivity index (χ3n) is 6.36. The van der Waals surface area contributed by atoms with Gasteiger partial charge in [-0.3, -0.25) is 0 Å². The number of alkyl halides is 3. The SMILES string of the molecule is O=P([O-])([O-])Oc1cccc(/C(OCC(F)(F)F)=C2/C3CCCC2C2=C(CCCC2)C3)c1. The van der Waals surface area contributed by atoms with Crippen molar-refractivity contribution in [3.63, 3.8) is 0 Å². The Morgan fingerprint density at radius 2 is 1.90 bits per heavy atom. The zero-order valence-corrected chi connectivity index (χ0v) is 17.8. The van der Waals surface area contributed by atoms with Gasteiger partial charge in [0.25, 0.3) is 0 Å². The Hall–Kier alpha value is -1.76. The molecule has 0 radical (unpaired) electrons. The van der Waals surface area contributed by atoms with Gasteiger partial charge < -0.3 is 23.6 Å². The molecule has 5 nitrogen and oxygen atoms in total. The molecule has 31 heavy (non-hydrogen) atoms. The molecule has 4 rings (SSSR count). The molecule has 3 aliphatic carbocycles. The van der Waals surface area contributed by atoms with Crippen LogP contribution in [0.5, 0.6) is 5.75 Å². The molecule has 0 aromatic heterocycles. The highest BCUT2D eigenvalue weighted by atomic mass is 31.2. The first kappa shape index (κ1) is 22.4. The molecule has 0 saturated heterocycles. The second-order valence-electron chi connectivity index (χ2n) is 8.48. The number of phosphoric ester groups is 1. The Morgan fingerprint density at radius 3 is 2.65 bits per heavy atom. The number of allylic oxidation sites excluding steroid dienone is 3. The number of fused-ring (bicyclic) bond motifs is 3. The number of phosphoric acid groups is 1. The van der Waals surface area contributed by atoms with E-state index < -0.39 is 20.6 Å². The maximum atomic E-state index is 13.1. The number of benzene rings is 1. The lowest BCUT2D eigenvalue weighted by atomic mass is 9.62. The summed E-state index contributed by atoms with van der Waals surface area (Å²) in [7, 11) is -5.29. The molecule has 1 aromatic carbocycles. The van der Waals surface area contributed by atoms with E-state index in [1.807, 2.05) is 0 Å². The second-order valence-corrected chi connectivity index (χ2v) is 9.55. The lowest BCUT2D eigenvalue weighted by Crippen LogP contribution is -2.30. The molecule has 1 aromatic rings. The number of rotatable bonds is 5. The van der Waals surface area contributed by atoms with Crippen LogP contribution in [-0.4, -0.2) is 12.8 Å². The van der Waals surface area contributed by atoms with Crippen LogP contribution in [0, 0.1) is 11.8 Å². The van der Waals surface area contributed by atoms with Gasteiger partial charge in [0.2, 0.25) is 0 Å². The molecule has 3 aliphatic rings. The Morgan fingerprint density at radius 1 is 1.13 bits per heavy atom. The highest BCUT2D eigenvalue weighted by Gasteiger charge is 2.40. The van der Waals surface area contributed by atoms with E-state index >= 15 is 0 Å². The van der Waals surface area contributed by atoms with E-state index in [9.17, 15) is 27.5 Å². The minimum absolute atomic E-state index is 0.0562. The summed E-state index contributed by atoms with van der Waals surface area (Å²) in [5, 5.41) is 0. The molecule has 0 spiro atoms. The second kappa shape index (κ2) is 8.64. The van der Waals surface area contributed by atoms with Crippen LogP contribution < -0.4 is 14.3 Å². The van der Waals surface area contributed by atoms with Gasteiger partial charge in [-0.15, -0.1) is 0 Å². The molecular formula is C22H24F3O5P-2. The van der Waals surface area contributed by atoms with Crippen molar-refractivity contribution in [1.29, 1.82) is 0 Å². The molecule has 9 heteroatoms. The minimum Gasteiger partial charge on any atom is -0.780 e. The number of hydrogen-bond donors (Lipinski definition) is 0. The van der Waals surface area contributed by atoms with Crippen molar-refractivity contribution in [2.75, 3.05) is 6.61 Å². The fourth-order valence-electron chi connectivity index (χ4n) is 5.33. The first-order valence-electron chi connectivity index (χ1n) is 10.6. The van der Waals surface area contributed by atoms with Crippen molar-refractivity contribution in [1.82, 2.24) is 0 Å². The van der Waals surface area contributed by atoms with Crippen LogP contribution in [-0.2, 0) is 9.30 Å². The first-order valence-corrected chi connectivity index (χ1v) is 12.0. The van der Waals surface area contributed by atoms with Crippen LogP contribution in [0.1, 0.15) is 56.9 Å². The van der Waals surface area contributed by atoms with Gasteiger partial charge in [-0.1, -0.05) is 29.7 Å². The summed E-state index contributed by atoms with van der Waals surface area (Å²) in [5.41, 5.74) is 3.97. The molecule has 0 aliphatic heterocycles. The monoisotopic (exact) mass is 456 g/mol. The Labute approximate surface area is 179 Å². The van der Waals surface area contributed by atoms with Gasteiger partial charge in [0.15, 0.2) is 6.61 Å². The van der Waals surface area contributed by atoms with Gasteiger partial charge in [0, 0.05) is 11.5 Å². The zero-order valence-electron chi connectivity index (χ0n) is 17.0. The highest BCUT2D eigenvalue weighted by molar-refractivity contribution is 7.43. The first-order chi connectivity index (χ1) is 14.6. The van der Waals surface area contributed by atoms with Crippen molar-refractivity contribution in [3.05, 3.63) is 46.5 Å². The molecule has 0 amide bonds. The molecule has 170 valence electrons. The summed E-state index contributed by atoms with van der Waals surface area (Å²) in [5.74, 6) is 0.0635. The lowest BCUT2D eigenvalue weighted by molar-refractivity contribution is -0.333. The summed E-state index contributed by atoms with van der Waals surface area (Å²) in [6, 6.07) is 5.55. The van der Waals surface area contributed by atoms with Crippen molar-refractivity contribution in [2.45, 2.75) is 57.5 Å². The van der Waals surface area contributed by atoms with Crippen LogP contribution in [0.15, 0.2) is 41.0 Å². The van der Waals surface area contributed by atoms with E-state index in [-0.39, 0.29) is 23.3 Å². The van der Waals surface area contributed by atoms with E-state index in [1.165, 1.54) is 29.3 Å². The predicted octanol–water partition coefficient (Wildman–Crippen LogP) is 4.87. The standard InChI is InChI=1S/C22H26F3O5P/c23-22(24,25)13-29-21(16-7-3-8-17(12-16)30-31(26,27)28)20-15-6-4-10-19(20)18-9-2-1-5-14(18)11-15/h3,7-8,12,15,19H,1-2,4-6,9-11,13H2,(H2,26,27,28)/p-2/b21-20+. The van der Waals surface area contributed by atoms with Crippen LogP contribution >= 0.6 is 7.82 Å². The fourth-order valence-corrected chi connectivity index (χ4v) is 5.71. The summed E-state index contributed by atoms with van der Waals surface area (Å²) >= 11 is 0. The zero-order chi connectivity index (χ0) is 22.2. The number of ether oxygens (including phenoxy) is 1. The topological polar surface area (TPSA) is 81.7 Å². The van der Waals surface area contributed by atoms with Gasteiger partial charge in [-0.2, -0.15) is 13.2 Å². The molecule has 1 fully saturated rings. The Balaban J connectivity index is 1.80. The van der Waals surface area contributed by atoms with E-state index in [4.69, 9.17) is 4.74 Å². The molecule has 2 unspecified atom stereocenters. The summed E-state index contributed by atoms with van der Waals surface area (Å²) in [4.78, 5) is 22.0. The van der Waals surface area contributed by atoms with Crippen molar-refractivity contribution >= 4 is 13.6 Å². The van der Waals surface area contributed by atoms with Crippen molar-refractivity contribution in [2.24, 2.45) is 11.8 Å². The van der Waals surface area contributed by atoms with E-state index in [0.29, 0.717) is 5.56 Å². The third-order valence-corrected chi connectivity index (χ3v) is 6.79. The van der Waals surface area contributed by atoms with E-state index in [1.54, 1.807) is 6.07 Å². The molecule has 0 heterocycles. The highest BCUT2D eigenvalue weighted by Crippen LogP contribution is 2.53. The van der Waals surface area contributed by atoms with E-state index in [0.717, 1.165) is 56.9 Å². The smallest absolute Gasteiger partial charge is 0.422 e. The molecule has 2 bridgehead atoms. The van der Waals surface area contributed by atoms with Crippen molar-refractivity contribution in [3.8, 4) is 5.75 Å². The lowest BCUT2D eigenvalue weighted by Gasteiger charge is -2.43. The molecule has 0 N–H and O–H groups in total. The van der Waals surface area contributed by atoms with Crippen LogP contribution in [0.4, 0.5) is 13.2 Å². The summed E-state index contributed by atoms with van der Waals surface area (Å²) in [6.45, 7) is -1.44. The van der Waals surface area contributed by atoms with Crippen LogP contribution in [0.25, 0.3) is 5.76 Å². The maximum absolute atomic E-state index is 13.1. The third kappa shape index (κ3) is 5.36. The quantitative estimate of drug-likeness (QED) is 0.359. The van der Waals surface area contributed by atoms with Crippen molar-refractivity contribution < 1.29 is 36.8 Å². The average molecular weight is 456 g/mol. The van der Waals surface area contributed by atoms with Gasteiger partial charge >= 0.3 is 6.18 Å². The summed E-state index contributed by atoms with van der Waals surface area (Å²) in [6.07, 6.45) is 3.34. The van der Waals surface area contributed by atoms with Gasteiger partial charge in [0.1, 0.15) is 19.3 Å². The maximum Gasteiger partial charge on any atom is 0.422 e. The fraction of sp³-hybridized carbons (Fsp3) is 0.545. The van der Waals surface area contributed by atoms with Crippen LogP contribution in [0.2, 0.25) is 0 Å². The van der Waals surface area contributed by atoms with Crippen LogP contribution in [0.3, 0.4) is 0 Å². The largest absolute Gasteiger partial charge is 0.780 e. The predicted molar refractivity (Wildman–Crippen MR) is 105 cm³/mol. The van der Waals surface area contributed by atoms with Gasteiger partial charge in [-0.05, 0) is 68.6 Å².